The Balaban J connectivity index is 1.09. The van der Waals surface area contributed by atoms with Crippen LogP contribution < -0.4 is 67.2 Å². The summed E-state index contributed by atoms with van der Waals surface area (Å²) in [5, 5.41) is 136. The second kappa shape index (κ2) is 37.0. The average molecular weight is 1670 g/mol. The minimum absolute atomic E-state index is 0.000157. The van der Waals surface area contributed by atoms with Crippen LogP contribution in [-0.4, -0.2) is 208 Å². The number of aliphatic hydroxyl groups excluding tert-OH is 6. The molecule has 11 bridgehead atoms. The van der Waals surface area contributed by atoms with Crippen molar-refractivity contribution in [3.05, 3.63) is 147 Å². The third kappa shape index (κ3) is 19.7. The Labute approximate surface area is 677 Å². The Bertz CT molecular complexity index is 4720. The molecule has 2 saturated heterocycles. The zero-order chi connectivity index (χ0) is 84.0. The van der Waals surface area contributed by atoms with Crippen molar-refractivity contribution in [3.8, 4) is 62.9 Å². The molecular weight excluding hydrogens is 1580 g/mol. The zero-order valence-electron chi connectivity index (χ0n) is 63.1. The van der Waals surface area contributed by atoms with Crippen LogP contribution in [0.5, 0.6) is 51.7 Å². The summed E-state index contributed by atoms with van der Waals surface area (Å²) in [4.78, 5) is 129. The van der Waals surface area contributed by atoms with Crippen LogP contribution in [0.2, 0.25) is 10.0 Å². The van der Waals surface area contributed by atoms with Gasteiger partial charge < -0.3 is 132 Å². The Morgan fingerprint density at radius 2 is 1.34 bits per heavy atom. The number of hydrogen-bond acceptors (Lipinski definition) is 28. The van der Waals surface area contributed by atoms with E-state index in [4.69, 9.17) is 62.1 Å². The predicted octanol–water partition coefficient (Wildman–Crippen LogP) is 2.99. The van der Waals surface area contributed by atoms with Crippen LogP contribution in [0.3, 0.4) is 0 Å². The Morgan fingerprint density at radius 1 is 0.716 bits per heavy atom. The van der Waals surface area contributed by atoms with Crippen molar-refractivity contribution in [2.75, 3.05) is 26.0 Å². The van der Waals surface area contributed by atoms with Gasteiger partial charge in [-0.05, 0) is 134 Å². The van der Waals surface area contributed by atoms with Crippen molar-refractivity contribution in [3.63, 3.8) is 0 Å². The monoisotopic (exact) mass is 1670 g/mol. The molecule has 6 aromatic carbocycles. The van der Waals surface area contributed by atoms with Gasteiger partial charge in [-0.15, -0.1) is 0 Å². The van der Waals surface area contributed by atoms with Crippen molar-refractivity contribution >= 4 is 87.4 Å². The van der Waals surface area contributed by atoms with E-state index in [0.717, 1.165) is 72.3 Å². The molecule has 0 spiro atoms. The summed E-state index contributed by atoms with van der Waals surface area (Å²) >= 11 is 15.5. The molecule has 0 saturated carbocycles. The number of halogens is 2. The molecule has 18 atom stereocenters. The lowest BCUT2D eigenvalue weighted by molar-refractivity contribution is -0.334. The number of carbonyl (C=O) groups excluding carboxylic acids is 8. The largest absolute Gasteiger partial charge is 0.508 e. The SMILES string of the molecule is CN[C@H](CC(C)C)C(=O)N[C@H]1C(=O)N[C@@H](CC(N)=O)C(=O)N[C@H]2C(=O)N[C@H]3C(=O)N[C@H](C(=O)N[C@H](C(=O)O)c4cc(O)cc(O)c4-c4cc3ccc4O)[C@H](O)c3ccc(c(Cl)c3)Oc3cc2cc(c3O[C@@H]2O[C@H](CO)[C@@H](O)[C@H](O)[C@H]2O[C@H]2C[C@](C)(NCc3ccc(OCCCSC(C)=O)cc3)[C@H](O)[C@H](C)O2)Oc2ccc(cc2Cl)[C@H]1O. The number of aromatic hydroxyl groups is 3. The number of fused-ring (bicyclic) bond motifs is 15. The number of amides is 7. The summed E-state index contributed by atoms with van der Waals surface area (Å²) < 4.78 is 45.3. The molecular formula is C78H89Cl2N9O26S. The quantitative estimate of drug-likeness (QED) is 0.0461. The van der Waals surface area contributed by atoms with E-state index in [1.165, 1.54) is 37.9 Å². The number of phenolic OH excluding ortho intramolecular Hbond substituents is 3. The van der Waals surface area contributed by atoms with Crippen molar-refractivity contribution in [1.82, 2.24) is 42.5 Å². The number of carboxylic acid groups (broad SMARTS) is 1. The molecule has 7 amide bonds. The first-order valence-corrected chi connectivity index (χ1v) is 38.5. The number of carbonyl (C=O) groups is 9. The number of benzene rings is 6. The summed E-state index contributed by atoms with van der Waals surface area (Å²) in [6.45, 7) is 7.92. The third-order valence-electron chi connectivity index (χ3n) is 20.2. The van der Waals surface area contributed by atoms with Crippen LogP contribution in [0.1, 0.15) is 124 Å². The van der Waals surface area contributed by atoms with E-state index in [9.17, 15) is 79.8 Å². The van der Waals surface area contributed by atoms with E-state index in [-0.39, 0.29) is 57.9 Å². The number of aliphatic hydroxyl groups is 6. The molecule has 7 aliphatic rings. The lowest BCUT2D eigenvalue weighted by Crippen LogP contribution is -2.65. The summed E-state index contributed by atoms with van der Waals surface area (Å²) in [6.07, 6.45) is -18.2. The number of likely N-dealkylation sites (N-methyl/N-ethyl adjacent to an activating group) is 1. The van der Waals surface area contributed by atoms with Crippen LogP contribution in [0.4, 0.5) is 0 Å². The van der Waals surface area contributed by atoms with Crippen LogP contribution in [-0.2, 0) is 63.9 Å². The highest BCUT2D eigenvalue weighted by Gasteiger charge is 2.52. The van der Waals surface area contributed by atoms with Crippen LogP contribution in [0.15, 0.2) is 103 Å². The molecule has 13 rings (SSSR count). The van der Waals surface area contributed by atoms with Gasteiger partial charge in [0.05, 0.1) is 47.9 Å². The Kier molecular flexibility index (Phi) is 27.6. The highest BCUT2D eigenvalue weighted by Crippen LogP contribution is 2.50. The number of nitrogens with two attached hydrogens (primary N) is 1. The maximum absolute atomic E-state index is 16.2. The minimum Gasteiger partial charge on any atom is -0.508 e. The maximum atomic E-state index is 16.2. The van der Waals surface area contributed by atoms with E-state index in [0.29, 0.717) is 24.5 Å². The number of ether oxygens (including phenoxy) is 7. The average Bonchev–Trinajstić information content (AvgIpc) is 0.766. The molecule has 6 aromatic rings. The molecule has 35 nitrogen and oxygen atoms in total. The van der Waals surface area contributed by atoms with Gasteiger partial charge in [0, 0.05) is 53.9 Å². The first kappa shape index (κ1) is 86.7. The van der Waals surface area contributed by atoms with Gasteiger partial charge in [-0.2, -0.15) is 0 Å². The van der Waals surface area contributed by atoms with Gasteiger partial charge in [0.1, 0.15) is 95.2 Å². The molecule has 2 fully saturated rings. The van der Waals surface area contributed by atoms with E-state index in [1.54, 1.807) is 26.0 Å². The molecule has 7 heterocycles. The first-order chi connectivity index (χ1) is 55.0. The van der Waals surface area contributed by atoms with Crippen LogP contribution in [0.25, 0.3) is 11.1 Å². The number of hydrogen-bond donors (Lipinski definition) is 19. The molecule has 20 N–H and O–H groups in total. The second-order valence-corrected chi connectivity index (χ2v) is 31.3. The molecule has 0 aliphatic carbocycles. The molecule has 622 valence electrons. The van der Waals surface area contributed by atoms with Crippen molar-refractivity contribution in [1.29, 1.82) is 0 Å². The topological polar surface area (TPSA) is 543 Å². The lowest BCUT2D eigenvalue weighted by Gasteiger charge is -2.48. The Morgan fingerprint density at radius 3 is 1.96 bits per heavy atom. The van der Waals surface area contributed by atoms with Gasteiger partial charge >= 0.3 is 5.97 Å². The number of nitrogens with one attached hydrogen (secondary N) is 8. The predicted molar refractivity (Wildman–Crippen MR) is 412 cm³/mol. The fraction of sp³-hybridized carbons (Fsp3) is 0.423. The van der Waals surface area contributed by atoms with Gasteiger partial charge in [-0.1, -0.05) is 79.1 Å². The standard InChI is InChI=1S/C78H89Cl2N9O26S/c1-32(2)20-46(82-6)70(101)88-61-63(96)37-11-16-50(44(79)22-37)111-52-24-39-25-53(67(52)115-77-68(66(99)65(98)54(31-90)113-77)114-56-29-78(5,69(100)33(3)110-56)83-30-35-8-13-41(14-9-35)109-18-7-19-116-34(4)91)112-51-17-12-38(23-45(51)80)64(97)62-75(106)87-60(76(107)108)43-26-40(92)27-49(94)57(43)42-21-36(10-15-48(42)93)58(72(103)89-62)86-73(104)59(39)85-71(102)47(28-55(81)95)84-74(61)105/h8-17,21-27,32-33,46-47,54,56,58-66,68-69,77,82-83,90,92-94,96-100H,7,18-20,28-31H2,1-6H3,(H2,81,95)(H,84,105)(H,85,102)(H,86,104)(H,87,106)(H,88,101)(H,89,103)(H,107,108)/t33-,46+,47-,54+,56-,58+,59+,60-,61+,62-,63+,64+,65+,66-,68+,69+,77-,78-/m0/s1. The van der Waals surface area contributed by atoms with Gasteiger partial charge in [-0.25, -0.2) is 4.79 Å². The molecule has 0 aromatic heterocycles. The number of carboxylic acids is 1. The third-order valence-corrected chi connectivity index (χ3v) is 21.7. The number of phenols is 3. The number of thioether (sulfide) groups is 1. The fourth-order valence-corrected chi connectivity index (χ4v) is 15.1. The van der Waals surface area contributed by atoms with E-state index < -0.39 is 237 Å². The van der Waals surface area contributed by atoms with Crippen molar-refractivity contribution in [2.45, 2.75) is 176 Å². The van der Waals surface area contributed by atoms with E-state index in [1.807, 2.05) is 26.0 Å². The molecule has 7 aliphatic heterocycles. The minimum atomic E-state index is -2.37. The van der Waals surface area contributed by atoms with Gasteiger partial charge in [0.2, 0.25) is 53.4 Å². The summed E-state index contributed by atoms with van der Waals surface area (Å²) in [6, 6.07) is 6.40. The second-order valence-electron chi connectivity index (χ2n) is 29.2. The number of rotatable bonds is 21. The lowest BCUT2D eigenvalue weighted by atomic mass is 9.84. The van der Waals surface area contributed by atoms with Gasteiger partial charge in [0.15, 0.2) is 35.1 Å². The normalized spacial score (nSPS) is 27.1. The summed E-state index contributed by atoms with van der Waals surface area (Å²) in [7, 11) is 1.47. The zero-order valence-corrected chi connectivity index (χ0v) is 65.4. The Hall–Kier alpha value is -10.2. The van der Waals surface area contributed by atoms with Crippen LogP contribution >= 0.6 is 35.0 Å². The fourth-order valence-electron chi connectivity index (χ4n) is 14.1. The summed E-state index contributed by atoms with van der Waals surface area (Å²) in [5.41, 5.74) is 2.40. The van der Waals surface area contributed by atoms with Crippen molar-refractivity contribution < 1.29 is 127 Å². The van der Waals surface area contributed by atoms with Crippen molar-refractivity contribution in [2.24, 2.45) is 11.7 Å². The molecule has 0 radical (unpaired) electrons. The molecule has 0 unspecified atom stereocenters. The molecule has 116 heavy (non-hydrogen) atoms. The van der Waals surface area contributed by atoms with E-state index >= 15 is 14.4 Å². The highest BCUT2D eigenvalue weighted by molar-refractivity contribution is 8.13. The maximum Gasteiger partial charge on any atom is 0.330 e. The van der Waals surface area contributed by atoms with Crippen LogP contribution in [0, 0.1) is 5.92 Å². The molecule has 38 heteroatoms. The number of primary amides is 1. The van der Waals surface area contributed by atoms with E-state index in [2.05, 4.69) is 42.5 Å². The van der Waals surface area contributed by atoms with Gasteiger partial charge in [-0.3, -0.25) is 38.4 Å². The highest BCUT2D eigenvalue weighted by atomic mass is 35.5. The first-order valence-electron chi connectivity index (χ1n) is 36.8. The smallest absolute Gasteiger partial charge is 0.330 e. The number of aliphatic carboxylic acids is 1. The van der Waals surface area contributed by atoms with Gasteiger partial charge in [0.25, 0.3) is 0 Å². The summed E-state index contributed by atoms with van der Waals surface area (Å²) in [5.74, 6) is -14.9.